The Hall–Kier alpha value is -2.34. The van der Waals surface area contributed by atoms with Gasteiger partial charge in [-0.3, -0.25) is 4.98 Å². The molecule has 2 aromatic rings. The lowest BCUT2D eigenvalue weighted by Gasteiger charge is -2.34. The van der Waals surface area contributed by atoms with Crippen molar-refractivity contribution in [3.05, 3.63) is 47.7 Å². The van der Waals surface area contributed by atoms with Gasteiger partial charge in [0.1, 0.15) is 17.6 Å². The molecule has 6 heteroatoms. The number of carbonyl (C=O) groups excluding carboxylic acids is 1. The number of amides is 2. The van der Waals surface area contributed by atoms with E-state index in [1.54, 1.807) is 17.2 Å². The lowest BCUT2D eigenvalue weighted by molar-refractivity contribution is 0.00702. The molecule has 2 aromatic heterocycles. The Kier molecular flexibility index (Phi) is 4.62. The predicted molar refractivity (Wildman–Crippen MR) is 86.3 cm³/mol. The van der Waals surface area contributed by atoms with Gasteiger partial charge in [0.2, 0.25) is 0 Å². The Morgan fingerprint density at radius 2 is 2.30 bits per heavy atom. The molecule has 1 saturated heterocycles. The molecule has 0 aromatic carbocycles. The van der Waals surface area contributed by atoms with Gasteiger partial charge in [-0.1, -0.05) is 6.92 Å². The highest BCUT2D eigenvalue weighted by Gasteiger charge is 2.31. The number of anilines is 1. The molecule has 0 spiro atoms. The Labute approximate surface area is 135 Å². The zero-order valence-electron chi connectivity index (χ0n) is 13.4. The zero-order valence-corrected chi connectivity index (χ0v) is 13.4. The summed E-state index contributed by atoms with van der Waals surface area (Å²) in [6.07, 6.45) is 2.51. The molecule has 0 aliphatic carbocycles. The van der Waals surface area contributed by atoms with Crippen LogP contribution in [0.2, 0.25) is 0 Å². The maximum atomic E-state index is 12.6. The number of pyridine rings is 1. The number of ether oxygens (including phenoxy) is 1. The van der Waals surface area contributed by atoms with Gasteiger partial charge in [-0.2, -0.15) is 0 Å². The standard InChI is InChI=1S/C17H21N3O3/c1-3-14-4-5-16(23-14)15-11-22-9-8-20(15)17(21)19-13-6-7-18-12(2)10-13/h4-7,10,15H,3,8-9,11H2,1-2H3,(H,18,19,21)/t15-/m0/s1. The molecule has 1 aliphatic heterocycles. The number of morpholine rings is 1. The van der Waals surface area contributed by atoms with Crippen molar-refractivity contribution in [3.63, 3.8) is 0 Å². The summed E-state index contributed by atoms with van der Waals surface area (Å²) in [7, 11) is 0. The molecule has 0 saturated carbocycles. The molecule has 0 unspecified atom stereocenters. The average molecular weight is 315 g/mol. The van der Waals surface area contributed by atoms with Crippen LogP contribution in [0.1, 0.15) is 30.2 Å². The average Bonchev–Trinajstić information content (AvgIpc) is 3.04. The molecule has 3 heterocycles. The molecule has 122 valence electrons. The summed E-state index contributed by atoms with van der Waals surface area (Å²) in [6, 6.07) is 7.14. The van der Waals surface area contributed by atoms with E-state index in [4.69, 9.17) is 9.15 Å². The highest BCUT2D eigenvalue weighted by Crippen LogP contribution is 2.27. The van der Waals surface area contributed by atoms with E-state index in [0.29, 0.717) is 19.8 Å². The van der Waals surface area contributed by atoms with Crippen molar-refractivity contribution < 1.29 is 13.9 Å². The van der Waals surface area contributed by atoms with Crippen molar-refractivity contribution in [2.75, 3.05) is 25.1 Å². The Bertz CT molecular complexity index is 683. The van der Waals surface area contributed by atoms with Gasteiger partial charge in [0.15, 0.2) is 0 Å². The maximum Gasteiger partial charge on any atom is 0.322 e. The Morgan fingerprint density at radius 3 is 3.04 bits per heavy atom. The van der Waals surface area contributed by atoms with Gasteiger partial charge in [-0.05, 0) is 31.2 Å². The van der Waals surface area contributed by atoms with Gasteiger partial charge in [0, 0.05) is 30.5 Å². The molecule has 0 radical (unpaired) electrons. The van der Waals surface area contributed by atoms with Crippen LogP contribution in [0.3, 0.4) is 0 Å². The van der Waals surface area contributed by atoms with E-state index < -0.39 is 0 Å². The number of nitrogens with zero attached hydrogens (tertiary/aromatic N) is 2. The fourth-order valence-corrected chi connectivity index (χ4v) is 2.66. The summed E-state index contributed by atoms with van der Waals surface area (Å²) in [5.41, 5.74) is 1.60. The van der Waals surface area contributed by atoms with Crippen LogP contribution in [0.5, 0.6) is 0 Å². The first-order chi connectivity index (χ1) is 11.2. The quantitative estimate of drug-likeness (QED) is 0.945. The van der Waals surface area contributed by atoms with Crippen molar-refractivity contribution in [2.45, 2.75) is 26.3 Å². The molecule has 1 aliphatic rings. The summed E-state index contributed by atoms with van der Waals surface area (Å²) >= 11 is 0. The van der Waals surface area contributed by atoms with E-state index in [9.17, 15) is 4.79 Å². The number of hydrogen-bond donors (Lipinski definition) is 1. The molecule has 1 atom stereocenters. The van der Waals surface area contributed by atoms with E-state index >= 15 is 0 Å². The van der Waals surface area contributed by atoms with Crippen LogP contribution in [0.4, 0.5) is 10.5 Å². The van der Waals surface area contributed by atoms with E-state index in [0.717, 1.165) is 29.3 Å². The predicted octanol–water partition coefficient (Wildman–Crippen LogP) is 3.15. The van der Waals surface area contributed by atoms with Gasteiger partial charge in [0.25, 0.3) is 0 Å². The first kappa shape index (κ1) is 15.6. The van der Waals surface area contributed by atoms with Crippen molar-refractivity contribution >= 4 is 11.7 Å². The van der Waals surface area contributed by atoms with Crippen molar-refractivity contribution in [1.82, 2.24) is 9.88 Å². The second-order valence-electron chi connectivity index (χ2n) is 5.56. The van der Waals surface area contributed by atoms with Gasteiger partial charge < -0.3 is 19.4 Å². The molecular weight excluding hydrogens is 294 g/mol. The van der Waals surface area contributed by atoms with Crippen LogP contribution >= 0.6 is 0 Å². The van der Waals surface area contributed by atoms with Crippen LogP contribution < -0.4 is 5.32 Å². The topological polar surface area (TPSA) is 67.6 Å². The molecule has 2 amide bonds. The second kappa shape index (κ2) is 6.83. The van der Waals surface area contributed by atoms with Crippen LogP contribution in [-0.4, -0.2) is 35.7 Å². The number of aromatic nitrogens is 1. The minimum atomic E-state index is -0.202. The van der Waals surface area contributed by atoms with Crippen LogP contribution in [0.15, 0.2) is 34.9 Å². The summed E-state index contributed by atoms with van der Waals surface area (Å²) < 4.78 is 11.3. The monoisotopic (exact) mass is 315 g/mol. The SMILES string of the molecule is CCc1ccc([C@@H]2COCCN2C(=O)Nc2ccnc(C)c2)o1. The molecule has 1 fully saturated rings. The molecule has 0 bridgehead atoms. The smallest absolute Gasteiger partial charge is 0.322 e. The molecule has 1 N–H and O–H groups in total. The lowest BCUT2D eigenvalue weighted by atomic mass is 10.2. The van der Waals surface area contributed by atoms with Crippen molar-refractivity contribution in [3.8, 4) is 0 Å². The Morgan fingerprint density at radius 1 is 1.43 bits per heavy atom. The second-order valence-corrected chi connectivity index (χ2v) is 5.56. The van der Waals surface area contributed by atoms with Crippen molar-refractivity contribution in [2.24, 2.45) is 0 Å². The largest absolute Gasteiger partial charge is 0.464 e. The normalized spacial score (nSPS) is 18.0. The van der Waals surface area contributed by atoms with E-state index in [2.05, 4.69) is 10.3 Å². The maximum absolute atomic E-state index is 12.6. The first-order valence-electron chi connectivity index (χ1n) is 7.84. The molecule has 6 nitrogen and oxygen atoms in total. The third kappa shape index (κ3) is 3.53. The number of nitrogens with one attached hydrogen (secondary N) is 1. The molecule has 3 rings (SSSR count). The number of furan rings is 1. The fraction of sp³-hybridized carbons (Fsp3) is 0.412. The van der Waals surface area contributed by atoms with Gasteiger partial charge in [-0.25, -0.2) is 4.79 Å². The third-order valence-corrected chi connectivity index (χ3v) is 3.90. The number of hydrogen-bond acceptors (Lipinski definition) is 4. The van der Waals surface area contributed by atoms with E-state index in [-0.39, 0.29) is 12.1 Å². The minimum Gasteiger partial charge on any atom is -0.464 e. The van der Waals surface area contributed by atoms with Crippen LogP contribution in [-0.2, 0) is 11.2 Å². The summed E-state index contributed by atoms with van der Waals surface area (Å²) in [6.45, 7) is 5.43. The molecule has 23 heavy (non-hydrogen) atoms. The highest BCUT2D eigenvalue weighted by molar-refractivity contribution is 5.89. The van der Waals surface area contributed by atoms with Crippen LogP contribution in [0, 0.1) is 6.92 Å². The summed E-state index contributed by atoms with van der Waals surface area (Å²) in [4.78, 5) is 18.5. The minimum absolute atomic E-state index is 0.154. The fourth-order valence-electron chi connectivity index (χ4n) is 2.66. The van der Waals surface area contributed by atoms with Crippen molar-refractivity contribution in [1.29, 1.82) is 0 Å². The number of aryl methyl sites for hydroxylation is 2. The first-order valence-corrected chi connectivity index (χ1v) is 7.84. The van der Waals surface area contributed by atoms with Crippen LogP contribution in [0.25, 0.3) is 0 Å². The van der Waals surface area contributed by atoms with Gasteiger partial charge >= 0.3 is 6.03 Å². The summed E-state index contributed by atoms with van der Waals surface area (Å²) in [5, 5.41) is 2.92. The Balaban J connectivity index is 1.76. The third-order valence-electron chi connectivity index (χ3n) is 3.90. The van der Waals surface area contributed by atoms with E-state index in [1.165, 1.54) is 0 Å². The number of rotatable bonds is 3. The lowest BCUT2D eigenvalue weighted by Crippen LogP contribution is -2.45. The number of urea groups is 1. The zero-order chi connectivity index (χ0) is 16.2. The highest BCUT2D eigenvalue weighted by atomic mass is 16.5. The van der Waals surface area contributed by atoms with E-state index in [1.807, 2.05) is 32.0 Å². The molecular formula is C17H21N3O3. The van der Waals surface area contributed by atoms with Gasteiger partial charge in [-0.15, -0.1) is 0 Å². The summed E-state index contributed by atoms with van der Waals surface area (Å²) in [5.74, 6) is 1.68. The van der Waals surface area contributed by atoms with Gasteiger partial charge in [0.05, 0.1) is 13.2 Å². The number of carbonyl (C=O) groups is 1.